The lowest BCUT2D eigenvalue weighted by atomic mass is 10.0. The first-order valence-corrected chi connectivity index (χ1v) is 7.50. The Hall–Kier alpha value is -1.39. The van der Waals surface area contributed by atoms with E-state index in [-0.39, 0.29) is 18.1 Å². The summed E-state index contributed by atoms with van der Waals surface area (Å²) in [5.74, 6) is 0.167. The molecular weight excluding hydrogens is 252 g/mol. The highest BCUT2D eigenvalue weighted by Crippen LogP contribution is 2.23. The molecule has 20 heavy (non-hydrogen) atoms. The van der Waals surface area contributed by atoms with Gasteiger partial charge in [-0.15, -0.1) is 0 Å². The number of carbonyl (C=O) groups excluding carboxylic acids is 1. The van der Waals surface area contributed by atoms with Crippen molar-refractivity contribution in [3.05, 3.63) is 35.9 Å². The van der Waals surface area contributed by atoms with Gasteiger partial charge >= 0.3 is 0 Å². The van der Waals surface area contributed by atoms with E-state index in [0.29, 0.717) is 19.0 Å². The van der Waals surface area contributed by atoms with Crippen LogP contribution in [0.4, 0.5) is 0 Å². The van der Waals surface area contributed by atoms with Crippen molar-refractivity contribution >= 4 is 5.91 Å². The van der Waals surface area contributed by atoms with Gasteiger partial charge in [-0.3, -0.25) is 4.79 Å². The number of aliphatic hydroxyl groups is 1. The van der Waals surface area contributed by atoms with Crippen molar-refractivity contribution in [3.8, 4) is 0 Å². The molecule has 3 rings (SSSR count). The average molecular weight is 274 g/mol. The number of hydrogen-bond acceptors (Lipinski definition) is 3. The fourth-order valence-corrected chi connectivity index (χ4v) is 3.33. The molecule has 3 unspecified atom stereocenters. The van der Waals surface area contributed by atoms with Gasteiger partial charge < -0.3 is 15.3 Å². The molecule has 1 amide bonds. The summed E-state index contributed by atoms with van der Waals surface area (Å²) in [5, 5.41) is 12.7. The van der Waals surface area contributed by atoms with E-state index < -0.39 is 0 Å². The highest BCUT2D eigenvalue weighted by Gasteiger charge is 2.36. The number of benzene rings is 1. The van der Waals surface area contributed by atoms with Crippen LogP contribution in [0.15, 0.2) is 30.3 Å². The van der Waals surface area contributed by atoms with Gasteiger partial charge in [0, 0.05) is 19.1 Å². The van der Waals surface area contributed by atoms with E-state index in [4.69, 9.17) is 0 Å². The Morgan fingerprint density at radius 1 is 1.35 bits per heavy atom. The Morgan fingerprint density at radius 2 is 2.15 bits per heavy atom. The molecule has 2 aliphatic heterocycles. The normalized spacial score (nSPS) is 29.9. The largest absolute Gasteiger partial charge is 0.392 e. The van der Waals surface area contributed by atoms with Crippen LogP contribution in [0.5, 0.6) is 0 Å². The summed E-state index contributed by atoms with van der Waals surface area (Å²) in [6.45, 7) is 1.39. The van der Waals surface area contributed by atoms with E-state index in [1.54, 1.807) is 0 Å². The van der Waals surface area contributed by atoms with E-state index in [0.717, 1.165) is 25.8 Å². The molecule has 0 bridgehead atoms. The highest BCUT2D eigenvalue weighted by molar-refractivity contribution is 5.83. The maximum absolute atomic E-state index is 12.5. The smallest absolute Gasteiger partial charge is 0.240 e. The van der Waals surface area contributed by atoms with E-state index >= 15 is 0 Å². The molecule has 0 saturated carbocycles. The molecular formula is C16H22N2O2. The Balaban J connectivity index is 1.65. The molecule has 2 fully saturated rings. The van der Waals surface area contributed by atoms with Gasteiger partial charge in [0.2, 0.25) is 5.91 Å². The van der Waals surface area contributed by atoms with Gasteiger partial charge in [-0.1, -0.05) is 30.3 Å². The van der Waals surface area contributed by atoms with Crippen molar-refractivity contribution in [1.29, 1.82) is 0 Å². The van der Waals surface area contributed by atoms with Crippen LogP contribution in [0.3, 0.4) is 0 Å². The van der Waals surface area contributed by atoms with Crippen molar-refractivity contribution in [2.75, 3.05) is 13.1 Å². The van der Waals surface area contributed by atoms with Crippen LogP contribution in [-0.4, -0.2) is 47.2 Å². The van der Waals surface area contributed by atoms with Crippen LogP contribution in [-0.2, 0) is 11.2 Å². The third kappa shape index (κ3) is 2.86. The lowest BCUT2D eigenvalue weighted by Crippen LogP contribution is -2.46. The molecule has 1 aromatic rings. The molecule has 0 aromatic heterocycles. The number of likely N-dealkylation sites (tertiary alicyclic amines) is 1. The summed E-state index contributed by atoms with van der Waals surface area (Å²) >= 11 is 0. The van der Waals surface area contributed by atoms with E-state index in [1.165, 1.54) is 5.56 Å². The lowest BCUT2D eigenvalue weighted by molar-refractivity contribution is -0.134. The first kappa shape index (κ1) is 13.6. The highest BCUT2D eigenvalue weighted by atomic mass is 16.3. The molecule has 4 heteroatoms. The van der Waals surface area contributed by atoms with Gasteiger partial charge in [0.25, 0.3) is 0 Å². The molecule has 108 valence electrons. The number of nitrogens with zero attached hydrogens (tertiary/aromatic N) is 1. The first-order valence-electron chi connectivity index (χ1n) is 7.50. The first-order chi connectivity index (χ1) is 9.74. The second-order valence-corrected chi connectivity index (χ2v) is 5.87. The van der Waals surface area contributed by atoms with Crippen LogP contribution in [0.25, 0.3) is 0 Å². The van der Waals surface area contributed by atoms with Crippen LogP contribution < -0.4 is 5.32 Å². The molecule has 2 N–H and O–H groups in total. The molecule has 2 saturated heterocycles. The van der Waals surface area contributed by atoms with Crippen molar-refractivity contribution in [2.45, 2.75) is 43.9 Å². The zero-order valence-corrected chi connectivity index (χ0v) is 11.7. The van der Waals surface area contributed by atoms with Gasteiger partial charge in [0.15, 0.2) is 0 Å². The topological polar surface area (TPSA) is 52.6 Å². The Bertz CT molecular complexity index is 463. The molecule has 3 atom stereocenters. The van der Waals surface area contributed by atoms with Crippen molar-refractivity contribution in [3.63, 3.8) is 0 Å². The summed E-state index contributed by atoms with van der Waals surface area (Å²) in [6.07, 6.45) is 3.27. The zero-order chi connectivity index (χ0) is 13.9. The second kappa shape index (κ2) is 5.94. The summed E-state index contributed by atoms with van der Waals surface area (Å²) in [4.78, 5) is 14.6. The molecule has 0 aliphatic carbocycles. The molecule has 4 nitrogen and oxygen atoms in total. The van der Waals surface area contributed by atoms with Crippen LogP contribution in [0, 0.1) is 0 Å². The standard InChI is InChI=1S/C16H22N2O2/c19-14-10-15(17-11-14)16(20)18-8-4-7-13(18)9-12-5-2-1-3-6-12/h1-3,5-6,13-15,17,19H,4,7-11H2. The van der Waals surface area contributed by atoms with Crippen LogP contribution >= 0.6 is 0 Å². The fraction of sp³-hybridized carbons (Fsp3) is 0.562. The van der Waals surface area contributed by atoms with Gasteiger partial charge in [0.05, 0.1) is 12.1 Å². The van der Waals surface area contributed by atoms with E-state index in [1.807, 2.05) is 23.1 Å². The monoisotopic (exact) mass is 274 g/mol. The number of aliphatic hydroxyl groups excluding tert-OH is 1. The fourth-order valence-electron chi connectivity index (χ4n) is 3.33. The van der Waals surface area contributed by atoms with Crippen LogP contribution in [0.1, 0.15) is 24.8 Å². The van der Waals surface area contributed by atoms with Crippen molar-refractivity contribution < 1.29 is 9.90 Å². The maximum Gasteiger partial charge on any atom is 0.240 e. The number of hydrogen-bond donors (Lipinski definition) is 2. The Morgan fingerprint density at radius 3 is 2.85 bits per heavy atom. The molecule has 1 aromatic carbocycles. The van der Waals surface area contributed by atoms with Crippen molar-refractivity contribution in [1.82, 2.24) is 10.2 Å². The number of carbonyl (C=O) groups is 1. The third-order valence-electron chi connectivity index (χ3n) is 4.38. The van der Waals surface area contributed by atoms with Gasteiger partial charge in [0.1, 0.15) is 0 Å². The van der Waals surface area contributed by atoms with E-state index in [9.17, 15) is 9.90 Å². The second-order valence-electron chi connectivity index (χ2n) is 5.87. The summed E-state index contributed by atoms with van der Waals surface area (Å²) in [5.41, 5.74) is 1.29. The quantitative estimate of drug-likeness (QED) is 0.862. The molecule has 0 radical (unpaired) electrons. The predicted octanol–water partition coefficient (Wildman–Crippen LogP) is 0.943. The minimum absolute atomic E-state index is 0.167. The number of amides is 1. The minimum atomic E-state index is -0.376. The van der Waals surface area contributed by atoms with Gasteiger partial charge in [-0.2, -0.15) is 0 Å². The SMILES string of the molecule is O=C(C1CC(O)CN1)N1CCCC1Cc1ccccc1. The zero-order valence-electron chi connectivity index (χ0n) is 11.7. The molecule has 2 aliphatic rings. The van der Waals surface area contributed by atoms with Crippen LogP contribution in [0.2, 0.25) is 0 Å². The molecule has 2 heterocycles. The third-order valence-corrected chi connectivity index (χ3v) is 4.38. The minimum Gasteiger partial charge on any atom is -0.392 e. The van der Waals surface area contributed by atoms with Gasteiger partial charge in [-0.25, -0.2) is 0 Å². The predicted molar refractivity (Wildman–Crippen MR) is 77.3 cm³/mol. The van der Waals surface area contributed by atoms with Gasteiger partial charge in [-0.05, 0) is 31.2 Å². The van der Waals surface area contributed by atoms with Crippen molar-refractivity contribution in [2.24, 2.45) is 0 Å². The summed E-state index contributed by atoms with van der Waals surface area (Å²) in [7, 11) is 0. The Labute approximate surface area is 119 Å². The maximum atomic E-state index is 12.5. The number of nitrogens with one attached hydrogen (secondary N) is 1. The summed E-state index contributed by atoms with van der Waals surface area (Å²) < 4.78 is 0. The average Bonchev–Trinajstić information content (AvgIpc) is 3.08. The lowest BCUT2D eigenvalue weighted by Gasteiger charge is -2.27. The van der Waals surface area contributed by atoms with E-state index in [2.05, 4.69) is 17.4 Å². The summed E-state index contributed by atoms with van der Waals surface area (Å²) in [6, 6.07) is 10.5. The number of rotatable bonds is 3. The Kier molecular flexibility index (Phi) is 4.03. The molecule has 0 spiro atoms. The number of β-amino-alcohol motifs (C(OH)–C–C–N with tert-alkyl or cyclic N) is 1.